The molecule has 116 valence electrons. The molecule has 1 aromatic rings. The Balaban J connectivity index is 2.01. The van der Waals surface area contributed by atoms with Crippen molar-refractivity contribution < 1.29 is 9.90 Å². The van der Waals surface area contributed by atoms with Crippen LogP contribution < -0.4 is 5.32 Å². The number of amides is 1. The number of halogens is 3. The molecule has 21 heavy (non-hydrogen) atoms. The maximum absolute atomic E-state index is 12.3. The first-order chi connectivity index (χ1) is 10.0. The van der Waals surface area contributed by atoms with E-state index in [4.69, 9.17) is 0 Å². The fraction of sp³-hybridized carbons (Fsp3) is 0.500. The number of carbonyl (C=O) groups excluding carboxylic acids is 1. The Labute approximate surface area is 165 Å². The zero-order chi connectivity index (χ0) is 15.4. The molecule has 0 spiro atoms. The Hall–Kier alpha value is 0.800. The molecule has 0 saturated carbocycles. The molecular formula is C14H17I3N2O2. The number of piperidine rings is 1. The van der Waals surface area contributed by atoms with Crippen molar-refractivity contribution in [2.24, 2.45) is 0 Å². The number of benzene rings is 1. The number of aliphatic hydroxyl groups excluding tert-OH is 1. The van der Waals surface area contributed by atoms with Crippen LogP contribution >= 0.6 is 67.8 Å². The highest BCUT2D eigenvalue weighted by atomic mass is 127. The van der Waals surface area contributed by atoms with E-state index in [9.17, 15) is 9.90 Å². The van der Waals surface area contributed by atoms with Crippen molar-refractivity contribution >= 4 is 79.4 Å². The Morgan fingerprint density at radius 2 is 1.95 bits per heavy atom. The highest BCUT2D eigenvalue weighted by Gasteiger charge is 2.24. The summed E-state index contributed by atoms with van der Waals surface area (Å²) < 4.78 is 3.26. The molecule has 0 radical (unpaired) electrons. The monoisotopic (exact) mass is 626 g/mol. The van der Waals surface area contributed by atoms with Crippen molar-refractivity contribution in [3.63, 3.8) is 0 Å². The molecule has 1 fully saturated rings. The molecule has 1 aromatic carbocycles. The van der Waals surface area contributed by atoms with Gasteiger partial charge < -0.3 is 10.4 Å². The first-order valence-corrected chi connectivity index (χ1v) is 10.0. The number of anilines is 1. The summed E-state index contributed by atoms with van der Waals surface area (Å²) in [6.45, 7) is 1.37. The quantitative estimate of drug-likeness (QED) is 0.506. The van der Waals surface area contributed by atoms with Gasteiger partial charge >= 0.3 is 0 Å². The van der Waals surface area contributed by atoms with Crippen molar-refractivity contribution in [3.8, 4) is 0 Å². The van der Waals surface area contributed by atoms with Gasteiger partial charge in [0, 0.05) is 16.8 Å². The highest BCUT2D eigenvalue weighted by Crippen LogP contribution is 2.27. The minimum Gasteiger partial charge on any atom is -0.395 e. The van der Waals surface area contributed by atoms with Gasteiger partial charge in [0.1, 0.15) is 0 Å². The predicted molar refractivity (Wildman–Crippen MR) is 110 cm³/mol. The molecule has 1 aliphatic heterocycles. The second-order valence-corrected chi connectivity index (χ2v) is 8.67. The van der Waals surface area contributed by atoms with E-state index in [1.165, 1.54) is 0 Å². The molecule has 4 nitrogen and oxygen atoms in total. The van der Waals surface area contributed by atoms with E-state index in [-0.39, 0.29) is 18.6 Å². The number of hydrogen-bond acceptors (Lipinski definition) is 3. The lowest BCUT2D eigenvalue weighted by molar-refractivity contribution is -0.118. The molecular weight excluding hydrogens is 609 g/mol. The van der Waals surface area contributed by atoms with E-state index < -0.39 is 0 Å². The Morgan fingerprint density at radius 1 is 1.29 bits per heavy atom. The van der Waals surface area contributed by atoms with Gasteiger partial charge in [0.25, 0.3) is 0 Å². The van der Waals surface area contributed by atoms with Crippen LogP contribution in [-0.4, -0.2) is 41.7 Å². The molecule has 1 aliphatic rings. The van der Waals surface area contributed by atoms with Gasteiger partial charge in [-0.15, -0.1) is 0 Å². The van der Waals surface area contributed by atoms with Crippen molar-refractivity contribution in [2.45, 2.75) is 25.3 Å². The predicted octanol–water partition coefficient (Wildman–Crippen LogP) is 3.29. The fourth-order valence-electron chi connectivity index (χ4n) is 2.50. The number of nitrogens with zero attached hydrogens (tertiary/aromatic N) is 1. The highest BCUT2D eigenvalue weighted by molar-refractivity contribution is 14.1. The van der Waals surface area contributed by atoms with E-state index in [1.54, 1.807) is 0 Å². The SMILES string of the molecule is O=C(CN1CCCCC1CO)Nc1c(I)cc(I)cc1I. The van der Waals surface area contributed by atoms with E-state index in [2.05, 4.69) is 90.1 Å². The molecule has 1 unspecified atom stereocenters. The normalized spacial score (nSPS) is 19.5. The zero-order valence-electron chi connectivity index (χ0n) is 11.4. The molecule has 1 saturated heterocycles. The summed E-state index contributed by atoms with van der Waals surface area (Å²) >= 11 is 6.77. The third-order valence-electron chi connectivity index (χ3n) is 3.58. The van der Waals surface area contributed by atoms with Crippen molar-refractivity contribution in [2.75, 3.05) is 25.0 Å². The molecule has 2 rings (SSSR count). The van der Waals surface area contributed by atoms with Crippen molar-refractivity contribution in [1.29, 1.82) is 0 Å². The van der Waals surface area contributed by atoms with Gasteiger partial charge in [-0.2, -0.15) is 0 Å². The molecule has 0 aliphatic carbocycles. The summed E-state index contributed by atoms with van der Waals surface area (Å²) in [4.78, 5) is 14.4. The number of aliphatic hydroxyl groups is 1. The van der Waals surface area contributed by atoms with Gasteiger partial charge in [0.2, 0.25) is 5.91 Å². The first-order valence-electron chi connectivity index (χ1n) is 6.80. The van der Waals surface area contributed by atoms with Crippen LogP contribution in [0.15, 0.2) is 12.1 Å². The van der Waals surface area contributed by atoms with Crippen LogP contribution in [0.4, 0.5) is 5.69 Å². The lowest BCUT2D eigenvalue weighted by Gasteiger charge is -2.33. The van der Waals surface area contributed by atoms with Gasteiger partial charge in [0.15, 0.2) is 0 Å². The summed E-state index contributed by atoms with van der Waals surface area (Å²) in [5.74, 6) is -0.00705. The third-order valence-corrected chi connectivity index (χ3v) is 5.90. The maximum Gasteiger partial charge on any atom is 0.238 e. The average Bonchev–Trinajstić information content (AvgIpc) is 2.43. The number of rotatable bonds is 4. The van der Waals surface area contributed by atoms with Crippen LogP contribution in [0.3, 0.4) is 0 Å². The van der Waals surface area contributed by atoms with Crippen molar-refractivity contribution in [1.82, 2.24) is 4.90 Å². The van der Waals surface area contributed by atoms with Crippen molar-refractivity contribution in [3.05, 3.63) is 22.8 Å². The number of likely N-dealkylation sites (tertiary alicyclic amines) is 1. The molecule has 7 heteroatoms. The van der Waals surface area contributed by atoms with Crippen LogP contribution in [0.5, 0.6) is 0 Å². The van der Waals surface area contributed by atoms with E-state index in [0.29, 0.717) is 6.54 Å². The summed E-state index contributed by atoms with van der Waals surface area (Å²) in [7, 11) is 0. The molecule has 1 amide bonds. The summed E-state index contributed by atoms with van der Waals surface area (Å²) in [6, 6.07) is 4.23. The van der Waals surface area contributed by atoms with Gasteiger partial charge in [-0.1, -0.05) is 6.42 Å². The second-order valence-electron chi connectivity index (χ2n) is 5.10. The van der Waals surface area contributed by atoms with Crippen LogP contribution in [0.2, 0.25) is 0 Å². The smallest absolute Gasteiger partial charge is 0.238 e. The topological polar surface area (TPSA) is 52.6 Å². The fourth-order valence-corrected chi connectivity index (χ4v) is 6.35. The van der Waals surface area contributed by atoms with Crippen LogP contribution in [-0.2, 0) is 4.79 Å². The number of hydrogen-bond donors (Lipinski definition) is 2. The summed E-state index contributed by atoms with van der Waals surface area (Å²) in [5, 5.41) is 12.4. The third kappa shape index (κ3) is 5.15. The maximum atomic E-state index is 12.3. The van der Waals surface area contributed by atoms with Crippen LogP contribution in [0.1, 0.15) is 19.3 Å². The standard InChI is InChI=1S/C14H17I3N2O2/c15-9-5-11(16)14(12(17)6-9)18-13(21)7-19-4-2-1-3-10(19)8-20/h5-6,10,20H,1-4,7-8H2,(H,18,21). The molecule has 1 atom stereocenters. The number of nitrogens with one attached hydrogen (secondary N) is 1. The van der Waals surface area contributed by atoms with E-state index in [1.807, 2.05) is 0 Å². The van der Waals surface area contributed by atoms with Gasteiger partial charge in [-0.25, -0.2) is 0 Å². The van der Waals surface area contributed by atoms with Crippen LogP contribution in [0, 0.1) is 10.7 Å². The Bertz CT molecular complexity index is 502. The number of carbonyl (C=O) groups is 1. The summed E-state index contributed by atoms with van der Waals surface area (Å²) in [6.07, 6.45) is 3.21. The lowest BCUT2D eigenvalue weighted by atomic mass is 10.0. The average molecular weight is 626 g/mol. The minimum absolute atomic E-state index is 0.00705. The Kier molecular flexibility index (Phi) is 7.43. The van der Waals surface area contributed by atoms with E-state index >= 15 is 0 Å². The summed E-state index contributed by atoms with van der Waals surface area (Å²) in [5.41, 5.74) is 0.888. The zero-order valence-corrected chi connectivity index (χ0v) is 17.9. The Morgan fingerprint density at radius 3 is 2.57 bits per heavy atom. The van der Waals surface area contributed by atoms with Crippen LogP contribution in [0.25, 0.3) is 0 Å². The second kappa shape index (κ2) is 8.60. The largest absolute Gasteiger partial charge is 0.395 e. The first kappa shape index (κ1) is 18.1. The van der Waals surface area contributed by atoms with E-state index in [0.717, 1.165) is 42.2 Å². The van der Waals surface area contributed by atoms with Gasteiger partial charge in [-0.05, 0) is 99.3 Å². The molecule has 2 N–H and O–H groups in total. The minimum atomic E-state index is -0.00705. The molecule has 1 heterocycles. The van der Waals surface area contributed by atoms with Gasteiger partial charge in [0.05, 0.1) is 18.8 Å². The molecule has 0 aromatic heterocycles. The van der Waals surface area contributed by atoms with Gasteiger partial charge in [-0.3, -0.25) is 9.69 Å². The lowest BCUT2D eigenvalue weighted by Crippen LogP contribution is -2.45. The molecule has 0 bridgehead atoms.